The van der Waals surface area contributed by atoms with Crippen LogP contribution < -0.4 is 4.74 Å². The molecule has 0 amide bonds. The molecule has 132 valence electrons. The van der Waals surface area contributed by atoms with Gasteiger partial charge in [-0.3, -0.25) is 4.79 Å². The number of hydrogen-bond acceptors (Lipinski definition) is 3. The summed E-state index contributed by atoms with van der Waals surface area (Å²) in [5.74, 6) is 0.917. The molecule has 0 radical (unpaired) electrons. The maximum Gasteiger partial charge on any atom is 0.164 e. The van der Waals surface area contributed by atoms with Crippen LogP contribution in [0.1, 0.15) is 27.6 Å². The van der Waals surface area contributed by atoms with E-state index in [2.05, 4.69) is 0 Å². The van der Waals surface area contributed by atoms with Crippen LogP contribution in [0.25, 0.3) is 0 Å². The average Bonchev–Trinajstić information content (AvgIpc) is 2.69. The third kappa shape index (κ3) is 4.69. The summed E-state index contributed by atoms with van der Waals surface area (Å²) in [7, 11) is 1.65. The Morgan fingerprint density at radius 2 is 1.62 bits per heavy atom. The van der Waals surface area contributed by atoms with E-state index in [1.54, 1.807) is 18.9 Å². The molecule has 0 aliphatic carbocycles. The molecule has 1 atom stereocenters. The smallest absolute Gasteiger partial charge is 0.164 e. The Balaban J connectivity index is 1.86. The van der Waals surface area contributed by atoms with E-state index in [1.165, 1.54) is 0 Å². The van der Waals surface area contributed by atoms with Gasteiger partial charge in [-0.15, -0.1) is 11.8 Å². The van der Waals surface area contributed by atoms with Gasteiger partial charge < -0.3 is 4.74 Å². The van der Waals surface area contributed by atoms with Crippen LogP contribution in [0.2, 0.25) is 5.02 Å². The van der Waals surface area contributed by atoms with Crippen LogP contribution >= 0.6 is 23.4 Å². The second kappa shape index (κ2) is 8.93. The van der Waals surface area contributed by atoms with Gasteiger partial charge in [0, 0.05) is 27.2 Å². The molecule has 0 N–H and O–H groups in total. The molecular formula is C22H19ClO2S. The van der Waals surface area contributed by atoms with Gasteiger partial charge in [0.05, 0.1) is 7.11 Å². The lowest BCUT2D eigenvalue weighted by molar-refractivity contribution is 0.0982. The normalized spacial score (nSPS) is 11.8. The molecule has 0 saturated heterocycles. The fraction of sp³-hybridized carbons (Fsp3) is 0.136. The Morgan fingerprint density at radius 3 is 2.27 bits per heavy atom. The summed E-state index contributed by atoms with van der Waals surface area (Å²) in [6.07, 6.45) is 0.379. The van der Waals surface area contributed by atoms with Gasteiger partial charge in [0.25, 0.3) is 0 Å². The molecule has 3 aromatic carbocycles. The minimum absolute atomic E-state index is 0.0650. The van der Waals surface area contributed by atoms with E-state index in [1.807, 2.05) is 78.9 Å². The zero-order valence-electron chi connectivity index (χ0n) is 14.4. The fourth-order valence-electron chi connectivity index (χ4n) is 2.68. The fourth-order valence-corrected chi connectivity index (χ4v) is 4.20. The predicted molar refractivity (Wildman–Crippen MR) is 108 cm³/mol. The number of carbonyl (C=O) groups is 1. The minimum Gasteiger partial charge on any atom is -0.497 e. The highest BCUT2D eigenvalue weighted by atomic mass is 35.5. The first kappa shape index (κ1) is 18.6. The molecule has 0 spiro atoms. The zero-order chi connectivity index (χ0) is 18.4. The van der Waals surface area contributed by atoms with Crippen molar-refractivity contribution in [2.45, 2.75) is 16.6 Å². The molecule has 0 heterocycles. The first-order valence-corrected chi connectivity index (χ1v) is 9.56. The highest BCUT2D eigenvalue weighted by Crippen LogP contribution is 2.41. The van der Waals surface area contributed by atoms with Crippen molar-refractivity contribution in [2.75, 3.05) is 7.11 Å². The number of rotatable bonds is 7. The highest BCUT2D eigenvalue weighted by Gasteiger charge is 2.20. The topological polar surface area (TPSA) is 26.3 Å². The van der Waals surface area contributed by atoms with E-state index in [0.29, 0.717) is 11.4 Å². The number of methoxy groups -OCH3 is 1. The molecule has 1 unspecified atom stereocenters. The Bertz CT molecular complexity index is 863. The van der Waals surface area contributed by atoms with Gasteiger partial charge in [0.15, 0.2) is 5.78 Å². The molecule has 0 aliphatic rings. The summed E-state index contributed by atoms with van der Waals surface area (Å²) in [4.78, 5) is 13.8. The van der Waals surface area contributed by atoms with Gasteiger partial charge in [-0.05, 0) is 35.9 Å². The molecular weight excluding hydrogens is 364 g/mol. The van der Waals surface area contributed by atoms with Gasteiger partial charge >= 0.3 is 0 Å². The van der Waals surface area contributed by atoms with Crippen molar-refractivity contribution >= 4 is 29.1 Å². The van der Waals surface area contributed by atoms with Crippen LogP contribution in [0.4, 0.5) is 0 Å². The number of benzene rings is 3. The number of ketones is 1. The Morgan fingerprint density at radius 1 is 0.962 bits per heavy atom. The summed E-state index contributed by atoms with van der Waals surface area (Å²) in [6, 6.07) is 24.9. The maximum absolute atomic E-state index is 12.8. The largest absolute Gasteiger partial charge is 0.497 e. The van der Waals surface area contributed by atoms with Crippen LogP contribution in [0.5, 0.6) is 5.75 Å². The minimum atomic E-state index is -0.0650. The zero-order valence-corrected chi connectivity index (χ0v) is 16.0. The van der Waals surface area contributed by atoms with Crippen molar-refractivity contribution < 1.29 is 9.53 Å². The van der Waals surface area contributed by atoms with Crippen molar-refractivity contribution in [2.24, 2.45) is 0 Å². The summed E-state index contributed by atoms with van der Waals surface area (Å²) in [6.45, 7) is 0. The van der Waals surface area contributed by atoms with Gasteiger partial charge in [0.2, 0.25) is 0 Å². The number of halogens is 1. The third-order valence-corrected chi connectivity index (χ3v) is 5.65. The molecule has 0 aromatic heterocycles. The van der Waals surface area contributed by atoms with Gasteiger partial charge in [-0.2, -0.15) is 0 Å². The molecule has 3 aromatic rings. The second-order valence-electron chi connectivity index (χ2n) is 5.80. The van der Waals surface area contributed by atoms with E-state index in [0.717, 1.165) is 21.8 Å². The Hall–Kier alpha value is -2.23. The summed E-state index contributed by atoms with van der Waals surface area (Å²) < 4.78 is 5.22. The molecule has 4 heteroatoms. The van der Waals surface area contributed by atoms with Crippen molar-refractivity contribution in [3.63, 3.8) is 0 Å². The van der Waals surface area contributed by atoms with E-state index in [-0.39, 0.29) is 11.0 Å². The van der Waals surface area contributed by atoms with E-state index in [4.69, 9.17) is 16.3 Å². The number of hydrogen-bond donors (Lipinski definition) is 0. The average molecular weight is 383 g/mol. The molecule has 0 aliphatic heterocycles. The lowest BCUT2D eigenvalue weighted by Gasteiger charge is -2.18. The Labute approximate surface area is 163 Å². The molecule has 0 saturated carbocycles. The van der Waals surface area contributed by atoms with E-state index < -0.39 is 0 Å². The van der Waals surface area contributed by atoms with Crippen LogP contribution in [-0.4, -0.2) is 12.9 Å². The van der Waals surface area contributed by atoms with Gasteiger partial charge in [-0.25, -0.2) is 0 Å². The van der Waals surface area contributed by atoms with Crippen LogP contribution in [-0.2, 0) is 0 Å². The first-order valence-electron chi connectivity index (χ1n) is 8.31. The molecule has 0 bridgehead atoms. The second-order valence-corrected chi connectivity index (χ2v) is 7.48. The lowest BCUT2D eigenvalue weighted by Crippen LogP contribution is -2.06. The summed E-state index contributed by atoms with van der Waals surface area (Å²) >= 11 is 8.06. The number of thioether (sulfide) groups is 1. The third-order valence-electron chi connectivity index (χ3n) is 4.06. The van der Waals surface area contributed by atoms with Gasteiger partial charge in [0.1, 0.15) is 5.75 Å². The van der Waals surface area contributed by atoms with Crippen LogP contribution in [0.15, 0.2) is 83.8 Å². The van der Waals surface area contributed by atoms with E-state index in [9.17, 15) is 4.79 Å². The molecule has 0 fully saturated rings. The van der Waals surface area contributed by atoms with Crippen LogP contribution in [0, 0.1) is 0 Å². The Kier molecular flexibility index (Phi) is 6.37. The quantitative estimate of drug-likeness (QED) is 0.346. The maximum atomic E-state index is 12.8. The van der Waals surface area contributed by atoms with Gasteiger partial charge in [-0.1, -0.05) is 60.1 Å². The standard InChI is InChI=1S/C22H19ClO2S/c1-25-17-11-13-18(14-12-17)26-22(19-9-5-6-10-20(19)23)15-21(24)16-7-3-2-4-8-16/h2-14,22H,15H2,1H3. The first-order chi connectivity index (χ1) is 12.7. The lowest BCUT2D eigenvalue weighted by atomic mass is 10.0. The highest BCUT2D eigenvalue weighted by molar-refractivity contribution is 7.99. The van der Waals surface area contributed by atoms with Crippen molar-refractivity contribution in [3.8, 4) is 5.75 Å². The summed E-state index contributed by atoms with van der Waals surface area (Å²) in [5.41, 5.74) is 1.69. The van der Waals surface area contributed by atoms with Crippen molar-refractivity contribution in [1.29, 1.82) is 0 Å². The SMILES string of the molecule is COc1ccc(SC(CC(=O)c2ccccc2)c2ccccc2Cl)cc1. The summed E-state index contributed by atoms with van der Waals surface area (Å²) in [5, 5.41) is 0.615. The monoisotopic (exact) mass is 382 g/mol. The number of Topliss-reactive ketones (excluding diaryl/α,β-unsaturated/α-hetero) is 1. The molecule has 3 rings (SSSR count). The van der Waals surface area contributed by atoms with Crippen molar-refractivity contribution in [1.82, 2.24) is 0 Å². The predicted octanol–water partition coefficient (Wildman–Crippen LogP) is 6.46. The van der Waals surface area contributed by atoms with Crippen LogP contribution in [0.3, 0.4) is 0 Å². The van der Waals surface area contributed by atoms with E-state index >= 15 is 0 Å². The van der Waals surface area contributed by atoms with Crippen molar-refractivity contribution in [3.05, 3.63) is 95.0 Å². The number of ether oxygens (including phenoxy) is 1. The molecule has 26 heavy (non-hydrogen) atoms. The number of carbonyl (C=O) groups excluding carboxylic acids is 1. The molecule has 2 nitrogen and oxygen atoms in total.